The molecule has 0 unspecified atom stereocenters. The second kappa shape index (κ2) is 2.98. The van der Waals surface area contributed by atoms with E-state index in [9.17, 15) is 0 Å². The van der Waals surface area contributed by atoms with Gasteiger partial charge in [-0.3, -0.25) is 4.99 Å². The number of allylic oxidation sites excluding steroid dienone is 1. The molecule has 0 amide bonds. The van der Waals surface area contributed by atoms with Crippen LogP contribution in [0.25, 0.3) is 5.57 Å². The number of benzene rings is 1. The van der Waals surface area contributed by atoms with Crippen molar-refractivity contribution >= 4 is 11.9 Å². The normalized spacial score (nSPS) is 23.7. The van der Waals surface area contributed by atoms with Crippen LogP contribution in [0.15, 0.2) is 35.0 Å². The van der Waals surface area contributed by atoms with Gasteiger partial charge in [0.1, 0.15) is 0 Å². The van der Waals surface area contributed by atoms with Crippen molar-refractivity contribution < 1.29 is 0 Å². The minimum absolute atomic E-state index is 0.823. The van der Waals surface area contributed by atoms with Gasteiger partial charge in [-0.25, -0.2) is 0 Å². The Balaban J connectivity index is 2.10. The van der Waals surface area contributed by atoms with Gasteiger partial charge in [0.25, 0.3) is 0 Å². The average Bonchev–Trinajstić information content (AvgIpc) is 2.85. The van der Waals surface area contributed by atoms with Crippen LogP contribution >= 0.6 is 0 Å². The van der Waals surface area contributed by atoms with E-state index >= 15 is 0 Å². The minimum atomic E-state index is 0.823. The summed E-state index contributed by atoms with van der Waals surface area (Å²) in [6, 6.07) is 8.66. The lowest BCUT2D eigenvalue weighted by atomic mass is 10.1. The van der Waals surface area contributed by atoms with Crippen LogP contribution in [-0.2, 0) is 6.42 Å². The Morgan fingerprint density at radius 2 is 2.07 bits per heavy atom. The maximum absolute atomic E-state index is 4.19. The Hall–Kier alpha value is -1.57. The third-order valence-corrected chi connectivity index (χ3v) is 2.93. The fourth-order valence-corrected chi connectivity index (χ4v) is 2.23. The third-order valence-electron chi connectivity index (χ3n) is 2.93. The lowest BCUT2D eigenvalue weighted by Crippen LogP contribution is -2.06. The first-order valence-corrected chi connectivity index (χ1v) is 5.00. The molecule has 0 aromatic heterocycles. The van der Waals surface area contributed by atoms with Gasteiger partial charge in [0.05, 0.1) is 12.9 Å². The van der Waals surface area contributed by atoms with E-state index in [0.29, 0.717) is 0 Å². The van der Waals surface area contributed by atoms with E-state index in [-0.39, 0.29) is 0 Å². The maximum Gasteiger partial charge on any atom is 0.0870 e. The van der Waals surface area contributed by atoms with E-state index < -0.39 is 0 Å². The molecule has 0 fully saturated rings. The van der Waals surface area contributed by atoms with E-state index in [1.807, 2.05) is 0 Å². The zero-order valence-corrected chi connectivity index (χ0v) is 7.96. The van der Waals surface area contributed by atoms with Crippen LogP contribution in [0, 0.1) is 0 Å². The molecule has 2 aliphatic rings. The van der Waals surface area contributed by atoms with Gasteiger partial charge >= 0.3 is 0 Å². The van der Waals surface area contributed by atoms with E-state index in [1.54, 1.807) is 6.34 Å². The second-order valence-corrected chi connectivity index (χ2v) is 3.73. The number of hydrogen-bond acceptors (Lipinski definition) is 2. The highest BCUT2D eigenvalue weighted by Crippen LogP contribution is 2.33. The molecule has 1 aliphatic heterocycles. The first-order valence-electron chi connectivity index (χ1n) is 5.00. The standard InChI is InChI=1S/C12H12N2/c1-2-4-10-9(3-1)5-6-11(10)12-7-13-8-14-12/h1-4,8H,5-7H2,(H,13,14). The monoisotopic (exact) mass is 184 g/mol. The van der Waals surface area contributed by atoms with E-state index in [4.69, 9.17) is 0 Å². The quantitative estimate of drug-likeness (QED) is 0.655. The number of hydrogen-bond donors (Lipinski definition) is 1. The Morgan fingerprint density at radius 3 is 2.93 bits per heavy atom. The van der Waals surface area contributed by atoms with Crippen molar-refractivity contribution in [3.63, 3.8) is 0 Å². The summed E-state index contributed by atoms with van der Waals surface area (Å²) in [5, 5.41) is 3.23. The number of aliphatic imine (C=N–C) groups is 1. The Kier molecular flexibility index (Phi) is 1.66. The highest BCUT2D eigenvalue weighted by molar-refractivity contribution is 5.78. The molecule has 0 atom stereocenters. The van der Waals surface area contributed by atoms with Crippen LogP contribution < -0.4 is 5.32 Å². The molecule has 1 aliphatic carbocycles. The second-order valence-electron chi connectivity index (χ2n) is 3.73. The van der Waals surface area contributed by atoms with Crippen molar-refractivity contribution in [3.05, 3.63) is 41.1 Å². The average molecular weight is 184 g/mol. The zero-order valence-electron chi connectivity index (χ0n) is 7.96. The molecule has 0 bridgehead atoms. The van der Waals surface area contributed by atoms with Crippen molar-refractivity contribution in [1.29, 1.82) is 0 Å². The number of nitrogens with zero attached hydrogens (tertiary/aromatic N) is 1. The predicted molar refractivity (Wildman–Crippen MR) is 58.2 cm³/mol. The first-order chi connectivity index (χ1) is 6.95. The largest absolute Gasteiger partial charge is 0.348 e. The van der Waals surface area contributed by atoms with Gasteiger partial charge in [0.15, 0.2) is 0 Å². The lowest BCUT2D eigenvalue weighted by molar-refractivity contribution is 1.04. The summed E-state index contributed by atoms with van der Waals surface area (Å²) in [4.78, 5) is 4.19. The van der Waals surface area contributed by atoms with Gasteiger partial charge in [-0.05, 0) is 29.5 Å². The Labute approximate surface area is 83.4 Å². The molecule has 2 nitrogen and oxygen atoms in total. The van der Waals surface area contributed by atoms with Gasteiger partial charge in [0, 0.05) is 5.70 Å². The number of nitrogens with one attached hydrogen (secondary N) is 1. The summed E-state index contributed by atoms with van der Waals surface area (Å²) in [6.45, 7) is 0.823. The summed E-state index contributed by atoms with van der Waals surface area (Å²) in [5.41, 5.74) is 5.64. The Bertz CT molecular complexity index is 420. The molecule has 70 valence electrons. The van der Waals surface area contributed by atoms with Crippen LogP contribution in [0.3, 0.4) is 0 Å². The molecule has 0 radical (unpaired) electrons. The van der Waals surface area contributed by atoms with Crippen molar-refractivity contribution in [2.24, 2.45) is 4.99 Å². The third kappa shape index (κ3) is 1.07. The molecule has 0 saturated carbocycles. The topological polar surface area (TPSA) is 24.4 Å². The molecule has 1 aromatic rings. The van der Waals surface area contributed by atoms with Crippen molar-refractivity contribution in [3.8, 4) is 0 Å². The smallest absolute Gasteiger partial charge is 0.0870 e. The number of aryl methyl sites for hydroxylation is 1. The van der Waals surface area contributed by atoms with Crippen LogP contribution in [-0.4, -0.2) is 12.9 Å². The fourth-order valence-electron chi connectivity index (χ4n) is 2.23. The molecule has 1 aromatic carbocycles. The van der Waals surface area contributed by atoms with Crippen molar-refractivity contribution in [2.75, 3.05) is 6.54 Å². The van der Waals surface area contributed by atoms with Gasteiger partial charge < -0.3 is 5.32 Å². The molecular formula is C12H12N2. The first kappa shape index (κ1) is 7.80. The molecule has 0 saturated heterocycles. The van der Waals surface area contributed by atoms with Gasteiger partial charge in [-0.1, -0.05) is 24.3 Å². The number of fused-ring (bicyclic) bond motifs is 1. The van der Waals surface area contributed by atoms with Crippen LogP contribution in [0.1, 0.15) is 17.5 Å². The fraction of sp³-hybridized carbons (Fsp3) is 0.250. The van der Waals surface area contributed by atoms with Crippen molar-refractivity contribution in [2.45, 2.75) is 12.8 Å². The molecule has 1 N–H and O–H groups in total. The molecule has 2 heteroatoms. The van der Waals surface area contributed by atoms with E-state index in [1.165, 1.54) is 28.8 Å². The molecule has 0 spiro atoms. The van der Waals surface area contributed by atoms with Gasteiger partial charge in [-0.2, -0.15) is 0 Å². The predicted octanol–water partition coefficient (Wildman–Crippen LogP) is 1.98. The summed E-state index contributed by atoms with van der Waals surface area (Å²) >= 11 is 0. The minimum Gasteiger partial charge on any atom is -0.348 e. The summed E-state index contributed by atoms with van der Waals surface area (Å²) in [7, 11) is 0. The lowest BCUT2D eigenvalue weighted by Gasteiger charge is -2.05. The molecule has 14 heavy (non-hydrogen) atoms. The SMILES string of the molecule is C1=NCC(=C2CCc3ccccc32)N1. The van der Waals surface area contributed by atoms with Crippen LogP contribution in [0.4, 0.5) is 0 Å². The van der Waals surface area contributed by atoms with Gasteiger partial charge in [-0.15, -0.1) is 0 Å². The summed E-state index contributed by atoms with van der Waals surface area (Å²) in [5.74, 6) is 0. The molecular weight excluding hydrogens is 172 g/mol. The van der Waals surface area contributed by atoms with E-state index in [2.05, 4.69) is 34.6 Å². The highest BCUT2D eigenvalue weighted by atomic mass is 15.0. The van der Waals surface area contributed by atoms with Crippen LogP contribution in [0.2, 0.25) is 0 Å². The summed E-state index contributed by atoms with van der Waals surface area (Å²) in [6.07, 6.45) is 4.13. The molecule has 3 rings (SSSR count). The maximum atomic E-state index is 4.19. The Morgan fingerprint density at radius 1 is 1.14 bits per heavy atom. The number of rotatable bonds is 0. The van der Waals surface area contributed by atoms with Crippen molar-refractivity contribution in [1.82, 2.24) is 5.32 Å². The molecule has 1 heterocycles. The zero-order chi connectivity index (χ0) is 9.38. The summed E-state index contributed by atoms with van der Waals surface area (Å²) < 4.78 is 0. The van der Waals surface area contributed by atoms with Gasteiger partial charge in [0.2, 0.25) is 0 Å². The van der Waals surface area contributed by atoms with Crippen LogP contribution in [0.5, 0.6) is 0 Å². The highest BCUT2D eigenvalue weighted by Gasteiger charge is 2.19. The van der Waals surface area contributed by atoms with E-state index in [0.717, 1.165) is 13.0 Å².